The second kappa shape index (κ2) is 7.96. The predicted octanol–water partition coefficient (Wildman–Crippen LogP) is 1.01. The first-order valence-corrected chi connectivity index (χ1v) is 4.56. The highest BCUT2D eigenvalue weighted by Gasteiger charge is 1.94. The summed E-state index contributed by atoms with van der Waals surface area (Å²) in [4.78, 5) is 10.3. The lowest BCUT2D eigenvalue weighted by Gasteiger charge is -1.97. The molecule has 15 heavy (non-hydrogen) atoms. The van der Waals surface area contributed by atoms with E-state index in [-0.39, 0.29) is 6.61 Å². The molecule has 0 spiro atoms. The third-order valence-electron chi connectivity index (χ3n) is 1.73. The summed E-state index contributed by atoms with van der Waals surface area (Å²) >= 11 is 0. The minimum atomic E-state index is 0.122. The van der Waals surface area contributed by atoms with Crippen LogP contribution in [-0.4, -0.2) is 31.7 Å². The summed E-state index contributed by atoms with van der Waals surface area (Å²) < 4.78 is 4.44. The summed E-state index contributed by atoms with van der Waals surface area (Å²) in [5.41, 5.74) is 7.71. The number of methoxy groups -OCH3 is 1. The van der Waals surface area contributed by atoms with Crippen LogP contribution in [0.25, 0.3) is 0 Å². The van der Waals surface area contributed by atoms with Gasteiger partial charge in [-0.25, -0.2) is 0 Å². The van der Waals surface area contributed by atoms with Gasteiger partial charge in [0.15, 0.2) is 0 Å². The van der Waals surface area contributed by atoms with Crippen molar-refractivity contribution in [2.24, 2.45) is 0 Å². The van der Waals surface area contributed by atoms with Gasteiger partial charge in [0.2, 0.25) is 0 Å². The number of aldehydes is 1. The number of ether oxygens (including phenoxy) is 1. The molecule has 0 aliphatic rings. The molecular weight excluding hydrogens is 194 g/mol. The second-order valence-corrected chi connectivity index (χ2v) is 2.95. The minimum Gasteiger partial charge on any atom is -0.399 e. The van der Waals surface area contributed by atoms with Crippen molar-refractivity contribution in [2.45, 2.75) is 6.92 Å². The summed E-state index contributed by atoms with van der Waals surface area (Å²) in [6.45, 7) is 2.44. The number of nitrogens with two attached hydrogens (primary N) is 1. The molecule has 84 valence electrons. The molecule has 0 saturated heterocycles. The molecule has 0 aromatic heterocycles. The lowest BCUT2D eigenvalue weighted by Crippen LogP contribution is -1.91. The largest absolute Gasteiger partial charge is 0.399 e. The topological polar surface area (TPSA) is 72.6 Å². The molecule has 0 saturated carbocycles. The Hall–Kier alpha value is -1.39. The van der Waals surface area contributed by atoms with Gasteiger partial charge in [-0.1, -0.05) is 6.07 Å². The average molecular weight is 211 g/mol. The van der Waals surface area contributed by atoms with Crippen molar-refractivity contribution in [1.82, 2.24) is 0 Å². The molecule has 3 N–H and O–H groups in total. The monoisotopic (exact) mass is 211 g/mol. The number of hydrogen-bond donors (Lipinski definition) is 2. The van der Waals surface area contributed by atoms with E-state index in [4.69, 9.17) is 10.8 Å². The van der Waals surface area contributed by atoms with E-state index in [0.717, 1.165) is 11.8 Å². The van der Waals surface area contributed by atoms with Crippen molar-refractivity contribution in [3.63, 3.8) is 0 Å². The molecule has 4 nitrogen and oxygen atoms in total. The van der Waals surface area contributed by atoms with Crippen LogP contribution in [0.4, 0.5) is 5.69 Å². The van der Waals surface area contributed by atoms with Crippen LogP contribution < -0.4 is 5.73 Å². The van der Waals surface area contributed by atoms with E-state index in [1.807, 2.05) is 13.0 Å². The van der Waals surface area contributed by atoms with Gasteiger partial charge in [-0.05, 0) is 24.6 Å². The first-order chi connectivity index (χ1) is 7.15. The molecule has 0 unspecified atom stereocenters. The highest BCUT2D eigenvalue weighted by molar-refractivity contribution is 5.78. The van der Waals surface area contributed by atoms with Crippen LogP contribution in [-0.2, 0) is 4.74 Å². The number of rotatable bonds is 3. The number of carbonyl (C=O) groups is 1. The van der Waals surface area contributed by atoms with Crippen molar-refractivity contribution in [3.8, 4) is 0 Å². The van der Waals surface area contributed by atoms with E-state index < -0.39 is 0 Å². The Morgan fingerprint density at radius 2 is 2.20 bits per heavy atom. The molecule has 0 aliphatic carbocycles. The molecule has 0 radical (unpaired) electrons. The highest BCUT2D eigenvalue weighted by Crippen LogP contribution is 2.09. The number of hydrogen-bond acceptors (Lipinski definition) is 4. The lowest BCUT2D eigenvalue weighted by molar-refractivity contribution is 0.112. The fraction of sp³-hybridized carbons (Fsp3) is 0.364. The molecule has 0 atom stereocenters. The van der Waals surface area contributed by atoms with Gasteiger partial charge in [0.25, 0.3) is 0 Å². The van der Waals surface area contributed by atoms with E-state index >= 15 is 0 Å². The standard InChI is InChI=1S/C8H9NO.C3H8O2/c1-6-2-3-8(9)4-7(6)5-10;1-5-3-2-4/h2-5H,9H2,1H3;4H,2-3H2,1H3. The van der Waals surface area contributed by atoms with Gasteiger partial charge in [-0.3, -0.25) is 4.79 Å². The van der Waals surface area contributed by atoms with Gasteiger partial charge >= 0.3 is 0 Å². The Balaban J connectivity index is 0.000000336. The van der Waals surface area contributed by atoms with E-state index in [2.05, 4.69) is 4.74 Å². The van der Waals surface area contributed by atoms with Crippen LogP contribution in [0.2, 0.25) is 0 Å². The van der Waals surface area contributed by atoms with Crippen LogP contribution in [0.5, 0.6) is 0 Å². The molecule has 4 heteroatoms. The molecule has 0 fully saturated rings. The average Bonchev–Trinajstić information content (AvgIpc) is 2.24. The molecule has 1 aromatic rings. The van der Waals surface area contributed by atoms with Crippen LogP contribution in [0.15, 0.2) is 18.2 Å². The van der Waals surface area contributed by atoms with E-state index in [9.17, 15) is 4.79 Å². The molecule has 0 bridgehead atoms. The summed E-state index contributed by atoms with van der Waals surface area (Å²) in [5, 5.41) is 7.94. The number of benzene rings is 1. The number of carbonyl (C=O) groups excluding carboxylic acids is 1. The van der Waals surface area contributed by atoms with E-state index in [1.165, 1.54) is 0 Å². The minimum absolute atomic E-state index is 0.122. The second-order valence-electron chi connectivity index (χ2n) is 2.95. The van der Waals surface area contributed by atoms with Gasteiger partial charge in [0, 0.05) is 18.4 Å². The zero-order valence-electron chi connectivity index (χ0n) is 9.06. The van der Waals surface area contributed by atoms with Crippen LogP contribution in [0.3, 0.4) is 0 Å². The third kappa shape index (κ3) is 5.83. The van der Waals surface area contributed by atoms with Crippen LogP contribution >= 0.6 is 0 Å². The van der Waals surface area contributed by atoms with Gasteiger partial charge < -0.3 is 15.6 Å². The maximum absolute atomic E-state index is 10.3. The fourth-order valence-corrected chi connectivity index (χ4v) is 0.877. The smallest absolute Gasteiger partial charge is 0.150 e. The summed E-state index contributed by atoms with van der Waals surface area (Å²) in [7, 11) is 1.55. The van der Waals surface area contributed by atoms with Crippen molar-refractivity contribution in [3.05, 3.63) is 29.3 Å². The molecule has 0 aliphatic heterocycles. The molecule has 1 rings (SSSR count). The Bertz CT molecular complexity index is 298. The van der Waals surface area contributed by atoms with Crippen molar-refractivity contribution in [2.75, 3.05) is 26.1 Å². The first-order valence-electron chi connectivity index (χ1n) is 4.56. The number of anilines is 1. The number of aryl methyl sites for hydroxylation is 1. The Morgan fingerprint density at radius 1 is 1.53 bits per heavy atom. The first kappa shape index (κ1) is 13.6. The quantitative estimate of drug-likeness (QED) is 0.578. The maximum atomic E-state index is 10.3. The molecule has 1 aromatic carbocycles. The van der Waals surface area contributed by atoms with Crippen molar-refractivity contribution in [1.29, 1.82) is 0 Å². The third-order valence-corrected chi connectivity index (χ3v) is 1.73. The zero-order valence-corrected chi connectivity index (χ0v) is 9.06. The SMILES string of the molecule is COCCO.Cc1ccc(N)cc1C=O. The molecular formula is C11H17NO3. The summed E-state index contributed by atoms with van der Waals surface area (Å²) in [6, 6.07) is 5.28. The Labute approximate surface area is 89.7 Å². The van der Waals surface area contributed by atoms with Crippen LogP contribution in [0, 0.1) is 6.92 Å². The Morgan fingerprint density at radius 3 is 2.53 bits per heavy atom. The zero-order chi connectivity index (χ0) is 11.7. The summed E-state index contributed by atoms with van der Waals surface area (Å²) in [5.74, 6) is 0. The number of aliphatic hydroxyl groups excluding tert-OH is 1. The Kier molecular flexibility index (Phi) is 7.23. The normalized spacial score (nSPS) is 9.00. The lowest BCUT2D eigenvalue weighted by atomic mass is 10.1. The van der Waals surface area contributed by atoms with Crippen molar-refractivity contribution >= 4 is 12.0 Å². The molecule has 0 amide bonds. The maximum Gasteiger partial charge on any atom is 0.150 e. The molecule has 0 heterocycles. The van der Waals surface area contributed by atoms with Gasteiger partial charge in [0.05, 0.1) is 13.2 Å². The van der Waals surface area contributed by atoms with E-state index in [0.29, 0.717) is 17.9 Å². The van der Waals surface area contributed by atoms with Gasteiger partial charge in [-0.15, -0.1) is 0 Å². The highest BCUT2D eigenvalue weighted by atomic mass is 16.5. The number of nitrogen functional groups attached to an aromatic ring is 1. The van der Waals surface area contributed by atoms with Crippen molar-refractivity contribution < 1.29 is 14.6 Å². The van der Waals surface area contributed by atoms with Gasteiger partial charge in [0.1, 0.15) is 6.29 Å². The predicted molar refractivity (Wildman–Crippen MR) is 59.9 cm³/mol. The van der Waals surface area contributed by atoms with E-state index in [1.54, 1.807) is 19.2 Å². The fourth-order valence-electron chi connectivity index (χ4n) is 0.877. The van der Waals surface area contributed by atoms with Crippen LogP contribution in [0.1, 0.15) is 15.9 Å². The number of aliphatic hydroxyl groups is 1. The van der Waals surface area contributed by atoms with Gasteiger partial charge in [-0.2, -0.15) is 0 Å². The summed E-state index contributed by atoms with van der Waals surface area (Å²) in [6.07, 6.45) is 0.811.